The Bertz CT molecular complexity index is 889. The number of allylic oxidation sites excluding steroid dienone is 1. The topological polar surface area (TPSA) is 50.2 Å². The van der Waals surface area contributed by atoms with Crippen LogP contribution in [0.5, 0.6) is 0 Å². The third kappa shape index (κ3) is 3.10. The Hall–Kier alpha value is -1.63. The van der Waals surface area contributed by atoms with Crippen LogP contribution in [0, 0.1) is 0 Å². The third-order valence-corrected chi connectivity index (χ3v) is 6.13. The van der Waals surface area contributed by atoms with Crippen LogP contribution in [0.15, 0.2) is 41.7 Å². The number of carbonyl (C=O) groups excluding carboxylic acids is 1. The first-order valence-electron chi connectivity index (χ1n) is 8.39. The van der Waals surface area contributed by atoms with Gasteiger partial charge in [-0.25, -0.2) is 4.68 Å². The molecule has 3 heterocycles. The summed E-state index contributed by atoms with van der Waals surface area (Å²) in [6.45, 7) is 3.43. The SMILES string of the molecule is CC1=C(C(=O)N2CCSCC2)C(c2cccc(Cl)c2)n2ncc(Cl)c2N1. The van der Waals surface area contributed by atoms with E-state index in [2.05, 4.69) is 10.4 Å². The number of aromatic nitrogens is 2. The molecule has 8 heteroatoms. The minimum absolute atomic E-state index is 0.0394. The Morgan fingerprint density at radius 2 is 2.08 bits per heavy atom. The van der Waals surface area contributed by atoms with Crippen molar-refractivity contribution < 1.29 is 4.79 Å². The first kappa shape index (κ1) is 17.8. The first-order chi connectivity index (χ1) is 12.6. The highest BCUT2D eigenvalue weighted by atomic mass is 35.5. The smallest absolute Gasteiger partial charge is 0.254 e. The Morgan fingerprint density at radius 3 is 2.81 bits per heavy atom. The lowest BCUT2D eigenvalue weighted by molar-refractivity contribution is -0.127. The van der Waals surface area contributed by atoms with E-state index in [1.165, 1.54) is 0 Å². The fourth-order valence-corrected chi connectivity index (χ4v) is 4.70. The number of anilines is 1. The van der Waals surface area contributed by atoms with Crippen molar-refractivity contribution in [3.63, 3.8) is 0 Å². The van der Waals surface area contributed by atoms with Crippen molar-refractivity contribution >= 4 is 46.7 Å². The Labute approximate surface area is 166 Å². The number of fused-ring (bicyclic) bond motifs is 1. The maximum atomic E-state index is 13.4. The van der Waals surface area contributed by atoms with Gasteiger partial charge < -0.3 is 10.2 Å². The van der Waals surface area contributed by atoms with Crippen molar-refractivity contribution in [2.75, 3.05) is 29.9 Å². The van der Waals surface area contributed by atoms with E-state index in [1.54, 1.807) is 10.9 Å². The molecule has 2 aromatic rings. The molecule has 1 aromatic heterocycles. The molecule has 5 nitrogen and oxygen atoms in total. The highest BCUT2D eigenvalue weighted by Gasteiger charge is 2.36. The van der Waals surface area contributed by atoms with Gasteiger partial charge in [0.05, 0.1) is 11.8 Å². The molecule has 4 rings (SSSR count). The highest BCUT2D eigenvalue weighted by Crippen LogP contribution is 2.40. The first-order valence-corrected chi connectivity index (χ1v) is 10.3. The molecule has 26 heavy (non-hydrogen) atoms. The second kappa shape index (κ2) is 7.18. The molecule has 0 bridgehead atoms. The standard InChI is InChI=1S/C18H18Cl2N4OS/c1-11-15(18(25)23-5-7-26-8-6-23)16(12-3-2-4-13(19)9-12)24-17(22-11)14(20)10-21-24/h2-4,9-10,16,22H,5-8H2,1H3. The van der Waals surface area contributed by atoms with Gasteiger partial charge in [-0.15, -0.1) is 0 Å². The van der Waals surface area contributed by atoms with Crippen LogP contribution in [0.25, 0.3) is 0 Å². The van der Waals surface area contributed by atoms with E-state index in [9.17, 15) is 4.79 Å². The van der Waals surface area contributed by atoms with Crippen molar-refractivity contribution in [2.45, 2.75) is 13.0 Å². The van der Waals surface area contributed by atoms with Crippen molar-refractivity contribution in [3.8, 4) is 0 Å². The number of hydrogen-bond acceptors (Lipinski definition) is 4. The molecular formula is C18H18Cl2N4OS. The largest absolute Gasteiger partial charge is 0.342 e. The number of rotatable bonds is 2. The lowest BCUT2D eigenvalue weighted by Gasteiger charge is -2.34. The van der Waals surface area contributed by atoms with Crippen LogP contribution in [0.4, 0.5) is 5.82 Å². The second-order valence-corrected chi connectivity index (χ2v) is 8.38. The van der Waals surface area contributed by atoms with Crippen LogP contribution in [0.2, 0.25) is 10.0 Å². The molecule has 1 N–H and O–H groups in total. The molecule has 0 saturated carbocycles. The normalized spacial score (nSPS) is 20.0. The van der Waals surface area contributed by atoms with E-state index >= 15 is 0 Å². The van der Waals surface area contributed by atoms with Crippen LogP contribution in [0.3, 0.4) is 0 Å². The average Bonchev–Trinajstić information content (AvgIpc) is 3.01. The number of hydrogen-bond donors (Lipinski definition) is 1. The number of nitrogens with one attached hydrogen (secondary N) is 1. The molecule has 2 aliphatic heterocycles. The predicted octanol–water partition coefficient (Wildman–Crippen LogP) is 4.05. The van der Waals surface area contributed by atoms with Crippen molar-refractivity contribution in [3.05, 3.63) is 57.3 Å². The number of benzene rings is 1. The van der Waals surface area contributed by atoms with E-state index in [0.717, 1.165) is 35.9 Å². The summed E-state index contributed by atoms with van der Waals surface area (Å²) in [5.41, 5.74) is 2.40. The van der Waals surface area contributed by atoms with E-state index in [1.807, 2.05) is 47.9 Å². The quantitative estimate of drug-likeness (QED) is 0.813. The summed E-state index contributed by atoms with van der Waals surface area (Å²) in [4.78, 5) is 15.3. The maximum absolute atomic E-state index is 13.4. The molecule has 2 aliphatic rings. The highest BCUT2D eigenvalue weighted by molar-refractivity contribution is 7.99. The van der Waals surface area contributed by atoms with Gasteiger partial charge in [0.2, 0.25) is 0 Å². The zero-order valence-electron chi connectivity index (χ0n) is 14.2. The molecule has 1 aromatic carbocycles. The molecule has 1 amide bonds. The molecule has 136 valence electrons. The fraction of sp³-hybridized carbons (Fsp3) is 0.333. The van der Waals surface area contributed by atoms with Crippen LogP contribution < -0.4 is 5.32 Å². The van der Waals surface area contributed by atoms with Gasteiger partial charge in [0.25, 0.3) is 5.91 Å². The fourth-order valence-electron chi connectivity index (χ4n) is 3.42. The summed E-state index contributed by atoms with van der Waals surface area (Å²) in [7, 11) is 0. The predicted molar refractivity (Wildman–Crippen MR) is 107 cm³/mol. The van der Waals surface area contributed by atoms with E-state index in [-0.39, 0.29) is 11.9 Å². The zero-order chi connectivity index (χ0) is 18.3. The molecular weight excluding hydrogens is 391 g/mol. The molecule has 1 atom stereocenters. The number of nitrogens with zero attached hydrogens (tertiary/aromatic N) is 3. The van der Waals surface area contributed by atoms with Gasteiger partial charge in [0.1, 0.15) is 16.9 Å². The van der Waals surface area contributed by atoms with Gasteiger partial charge >= 0.3 is 0 Å². The maximum Gasteiger partial charge on any atom is 0.254 e. The van der Waals surface area contributed by atoms with Crippen molar-refractivity contribution in [1.82, 2.24) is 14.7 Å². The summed E-state index contributed by atoms with van der Waals surface area (Å²) in [5, 5.41) is 8.83. The van der Waals surface area contributed by atoms with Crippen molar-refractivity contribution in [1.29, 1.82) is 0 Å². The van der Waals surface area contributed by atoms with Gasteiger partial charge in [0, 0.05) is 35.3 Å². The van der Waals surface area contributed by atoms with Gasteiger partial charge in [0.15, 0.2) is 0 Å². The molecule has 0 radical (unpaired) electrons. The lowest BCUT2D eigenvalue weighted by Crippen LogP contribution is -2.42. The van der Waals surface area contributed by atoms with Gasteiger partial charge in [-0.3, -0.25) is 4.79 Å². The number of carbonyl (C=O) groups is 1. The van der Waals surface area contributed by atoms with E-state index in [0.29, 0.717) is 21.4 Å². The minimum atomic E-state index is -0.362. The molecule has 0 spiro atoms. The monoisotopic (exact) mass is 408 g/mol. The Kier molecular flexibility index (Phi) is 4.90. The van der Waals surface area contributed by atoms with Crippen LogP contribution in [0.1, 0.15) is 18.5 Å². The van der Waals surface area contributed by atoms with Gasteiger partial charge in [-0.05, 0) is 24.6 Å². The summed E-state index contributed by atoms with van der Waals surface area (Å²) in [6.07, 6.45) is 1.60. The second-order valence-electron chi connectivity index (χ2n) is 6.31. The number of amides is 1. The van der Waals surface area contributed by atoms with Crippen LogP contribution in [-0.2, 0) is 4.79 Å². The third-order valence-electron chi connectivity index (χ3n) is 4.67. The molecule has 1 unspecified atom stereocenters. The summed E-state index contributed by atoms with van der Waals surface area (Å²) >= 11 is 14.4. The summed E-state index contributed by atoms with van der Waals surface area (Å²) in [6, 6.07) is 7.19. The van der Waals surface area contributed by atoms with Crippen LogP contribution >= 0.6 is 35.0 Å². The zero-order valence-corrected chi connectivity index (χ0v) is 16.5. The molecule has 1 saturated heterocycles. The average molecular weight is 409 g/mol. The van der Waals surface area contributed by atoms with E-state index in [4.69, 9.17) is 23.2 Å². The Morgan fingerprint density at radius 1 is 1.31 bits per heavy atom. The van der Waals surface area contributed by atoms with Gasteiger partial charge in [-0.2, -0.15) is 16.9 Å². The number of thioether (sulfide) groups is 1. The summed E-state index contributed by atoms with van der Waals surface area (Å²) in [5.74, 6) is 2.66. The van der Waals surface area contributed by atoms with E-state index < -0.39 is 0 Å². The van der Waals surface area contributed by atoms with Gasteiger partial charge in [-0.1, -0.05) is 35.3 Å². The van der Waals surface area contributed by atoms with Crippen molar-refractivity contribution in [2.24, 2.45) is 0 Å². The summed E-state index contributed by atoms with van der Waals surface area (Å²) < 4.78 is 1.77. The van der Waals surface area contributed by atoms with Crippen LogP contribution in [-0.4, -0.2) is 45.2 Å². The lowest BCUT2D eigenvalue weighted by atomic mass is 9.94. The number of halogens is 2. The molecule has 0 aliphatic carbocycles. The Balaban J connectivity index is 1.83. The molecule has 1 fully saturated rings. The minimum Gasteiger partial charge on any atom is -0.342 e.